The summed E-state index contributed by atoms with van der Waals surface area (Å²) < 4.78 is 0. The Bertz CT molecular complexity index is 535. The van der Waals surface area contributed by atoms with Gasteiger partial charge in [-0.2, -0.15) is 0 Å². The predicted molar refractivity (Wildman–Crippen MR) is 106 cm³/mol. The molecule has 0 saturated heterocycles. The number of Topliss-reactive ketones (excluding diaryl/α,β-unsaturated/α-hetero) is 1. The molecule has 1 aliphatic carbocycles. The molecule has 1 fully saturated rings. The Kier molecular flexibility index (Phi) is 9.95. The molecule has 0 aromatic heterocycles. The largest absolute Gasteiger partial charge is 0.481 e. The molecule has 0 aliphatic heterocycles. The third kappa shape index (κ3) is 7.97. The van der Waals surface area contributed by atoms with Crippen LogP contribution < -0.4 is 0 Å². The van der Waals surface area contributed by atoms with Gasteiger partial charge in [-0.25, -0.2) is 0 Å². The Balaban J connectivity index is 2.63. The summed E-state index contributed by atoms with van der Waals surface area (Å²) in [4.78, 5) is 22.7. The Morgan fingerprint density at radius 2 is 2.00 bits per heavy atom. The molecule has 154 valence electrons. The monoisotopic (exact) mass is 380 g/mol. The van der Waals surface area contributed by atoms with Crippen LogP contribution in [0.4, 0.5) is 0 Å². The van der Waals surface area contributed by atoms with Gasteiger partial charge in [-0.3, -0.25) is 9.59 Å². The number of carbonyl (C=O) groups excluding carboxylic acids is 1. The summed E-state index contributed by atoms with van der Waals surface area (Å²) >= 11 is 0. The third-order valence-electron chi connectivity index (χ3n) is 5.54. The minimum Gasteiger partial charge on any atom is -0.481 e. The van der Waals surface area contributed by atoms with E-state index in [4.69, 9.17) is 5.11 Å². The van der Waals surface area contributed by atoms with Crippen molar-refractivity contribution in [2.45, 2.75) is 84.3 Å². The lowest BCUT2D eigenvalue weighted by atomic mass is 9.80. The summed E-state index contributed by atoms with van der Waals surface area (Å²) in [6.07, 6.45) is 11.2. The molecule has 5 heteroatoms. The average molecular weight is 381 g/mol. The normalized spacial score (nSPS) is 24.9. The van der Waals surface area contributed by atoms with Gasteiger partial charge >= 0.3 is 5.97 Å². The van der Waals surface area contributed by atoms with E-state index >= 15 is 0 Å². The van der Waals surface area contributed by atoms with Gasteiger partial charge in [0, 0.05) is 24.7 Å². The van der Waals surface area contributed by atoms with Crippen LogP contribution >= 0.6 is 0 Å². The number of hydrogen-bond acceptors (Lipinski definition) is 4. The quantitative estimate of drug-likeness (QED) is 0.353. The highest BCUT2D eigenvalue weighted by Crippen LogP contribution is 2.35. The fraction of sp³-hybridized carbons (Fsp3) is 0.727. The highest BCUT2D eigenvalue weighted by molar-refractivity contribution is 5.84. The van der Waals surface area contributed by atoms with Crippen molar-refractivity contribution in [3.8, 4) is 0 Å². The number of aliphatic carboxylic acids is 1. The predicted octanol–water partition coefficient (Wildman–Crippen LogP) is 3.89. The van der Waals surface area contributed by atoms with Gasteiger partial charge in [0.25, 0.3) is 0 Å². The molecule has 0 bridgehead atoms. The van der Waals surface area contributed by atoms with E-state index in [1.165, 1.54) is 0 Å². The number of carbonyl (C=O) groups is 2. The zero-order chi connectivity index (χ0) is 20.4. The average Bonchev–Trinajstić information content (AvgIpc) is 2.86. The van der Waals surface area contributed by atoms with E-state index in [0.29, 0.717) is 19.3 Å². The number of allylic oxidation sites excluding steroid dienone is 2. The van der Waals surface area contributed by atoms with E-state index in [1.807, 2.05) is 32.1 Å². The van der Waals surface area contributed by atoms with Crippen LogP contribution in [0.1, 0.15) is 72.1 Å². The maximum Gasteiger partial charge on any atom is 0.303 e. The second kappa shape index (κ2) is 11.4. The molecule has 5 nitrogen and oxygen atoms in total. The maximum atomic E-state index is 12.2. The summed E-state index contributed by atoms with van der Waals surface area (Å²) in [6.45, 7) is 6.19. The molecule has 27 heavy (non-hydrogen) atoms. The number of aliphatic hydroxyl groups excluding tert-OH is 2. The SMILES string of the molecule is CCCCC(C)(C)[C@H](O)/C=C/[C@H]1[C@H](O)CC(=O)[C@@H]1CC=CCCCC(=O)O. The molecule has 4 atom stereocenters. The van der Waals surface area contributed by atoms with Crippen LogP contribution in [0.2, 0.25) is 0 Å². The van der Waals surface area contributed by atoms with E-state index in [9.17, 15) is 19.8 Å². The molecule has 1 aliphatic rings. The smallest absolute Gasteiger partial charge is 0.303 e. The molecule has 0 aromatic carbocycles. The second-order valence-electron chi connectivity index (χ2n) is 8.34. The van der Waals surface area contributed by atoms with Crippen LogP contribution in [0, 0.1) is 17.3 Å². The van der Waals surface area contributed by atoms with E-state index in [2.05, 4.69) is 6.92 Å². The van der Waals surface area contributed by atoms with Crippen molar-refractivity contribution in [3.63, 3.8) is 0 Å². The molecule has 1 rings (SSSR count). The van der Waals surface area contributed by atoms with Gasteiger partial charge in [-0.05, 0) is 31.1 Å². The standard InChI is InChI=1S/C22H36O5/c1-4-5-14-22(2,3)20(25)13-12-17-16(18(23)15-19(17)24)10-8-6-7-9-11-21(26)27/h6,8,12-13,16-17,19-20,24-25H,4-5,7,9-11,14-15H2,1-3H3,(H,26,27)/b8-6?,13-12+/t16-,17-,19-,20-/m1/s1. The first-order valence-corrected chi connectivity index (χ1v) is 10.1. The minimum atomic E-state index is -0.803. The lowest BCUT2D eigenvalue weighted by molar-refractivity contribution is -0.137. The summed E-state index contributed by atoms with van der Waals surface area (Å²) in [5, 5.41) is 29.4. The Hall–Kier alpha value is -1.46. The lowest BCUT2D eigenvalue weighted by Crippen LogP contribution is -2.28. The fourth-order valence-electron chi connectivity index (χ4n) is 3.53. The fourth-order valence-corrected chi connectivity index (χ4v) is 3.53. The van der Waals surface area contributed by atoms with E-state index in [0.717, 1.165) is 19.3 Å². The molecule has 0 spiro atoms. The van der Waals surface area contributed by atoms with Crippen LogP contribution in [0.3, 0.4) is 0 Å². The Labute approximate surface area is 163 Å². The maximum absolute atomic E-state index is 12.2. The van der Waals surface area contributed by atoms with Crippen LogP contribution in [0.25, 0.3) is 0 Å². The molecule has 0 amide bonds. The minimum absolute atomic E-state index is 0.0482. The zero-order valence-corrected chi connectivity index (χ0v) is 16.9. The highest BCUT2D eigenvalue weighted by atomic mass is 16.4. The number of hydrogen-bond donors (Lipinski definition) is 3. The van der Waals surface area contributed by atoms with Crippen LogP contribution in [-0.4, -0.2) is 39.3 Å². The van der Waals surface area contributed by atoms with Gasteiger partial charge in [-0.1, -0.05) is 57.9 Å². The van der Waals surface area contributed by atoms with Crippen molar-refractivity contribution in [3.05, 3.63) is 24.3 Å². The second-order valence-corrected chi connectivity index (χ2v) is 8.34. The number of ketones is 1. The van der Waals surface area contributed by atoms with Crippen LogP contribution in [-0.2, 0) is 9.59 Å². The van der Waals surface area contributed by atoms with Crippen molar-refractivity contribution in [1.82, 2.24) is 0 Å². The number of rotatable bonds is 12. The molecule has 3 N–H and O–H groups in total. The molecule has 0 radical (unpaired) electrons. The van der Waals surface area contributed by atoms with Crippen molar-refractivity contribution in [1.29, 1.82) is 0 Å². The van der Waals surface area contributed by atoms with Crippen molar-refractivity contribution in [2.24, 2.45) is 17.3 Å². The van der Waals surface area contributed by atoms with E-state index < -0.39 is 18.2 Å². The van der Waals surface area contributed by atoms with Gasteiger partial charge < -0.3 is 15.3 Å². The van der Waals surface area contributed by atoms with Crippen molar-refractivity contribution < 1.29 is 24.9 Å². The zero-order valence-electron chi connectivity index (χ0n) is 16.9. The number of unbranched alkanes of at least 4 members (excludes halogenated alkanes) is 2. The number of carboxylic acids is 1. The van der Waals surface area contributed by atoms with Crippen molar-refractivity contribution in [2.75, 3.05) is 0 Å². The van der Waals surface area contributed by atoms with E-state index in [-0.39, 0.29) is 35.9 Å². The number of aliphatic hydroxyl groups is 2. The Morgan fingerprint density at radius 3 is 2.63 bits per heavy atom. The first-order valence-electron chi connectivity index (χ1n) is 10.1. The summed E-state index contributed by atoms with van der Waals surface area (Å²) in [7, 11) is 0. The van der Waals surface area contributed by atoms with Crippen LogP contribution in [0.5, 0.6) is 0 Å². The molecule has 1 saturated carbocycles. The number of carboxylic acid groups (broad SMARTS) is 1. The molecular weight excluding hydrogens is 344 g/mol. The first kappa shape index (κ1) is 23.6. The van der Waals surface area contributed by atoms with Gasteiger partial charge in [-0.15, -0.1) is 0 Å². The van der Waals surface area contributed by atoms with Crippen molar-refractivity contribution >= 4 is 11.8 Å². The highest BCUT2D eigenvalue weighted by Gasteiger charge is 2.39. The van der Waals surface area contributed by atoms with Gasteiger partial charge in [0.1, 0.15) is 5.78 Å². The summed E-state index contributed by atoms with van der Waals surface area (Å²) in [6, 6.07) is 0. The summed E-state index contributed by atoms with van der Waals surface area (Å²) in [5.74, 6) is -1.31. The lowest BCUT2D eigenvalue weighted by Gasteiger charge is -2.29. The van der Waals surface area contributed by atoms with Gasteiger partial charge in [0.05, 0.1) is 12.2 Å². The van der Waals surface area contributed by atoms with Crippen LogP contribution in [0.15, 0.2) is 24.3 Å². The molecular formula is C22H36O5. The van der Waals surface area contributed by atoms with Gasteiger partial charge in [0.2, 0.25) is 0 Å². The topological polar surface area (TPSA) is 94.8 Å². The van der Waals surface area contributed by atoms with Gasteiger partial charge in [0.15, 0.2) is 0 Å². The first-order chi connectivity index (χ1) is 12.7. The molecule has 0 aromatic rings. The molecule has 0 heterocycles. The summed E-state index contributed by atoms with van der Waals surface area (Å²) in [5.41, 5.74) is -0.236. The Morgan fingerprint density at radius 1 is 1.30 bits per heavy atom. The van der Waals surface area contributed by atoms with E-state index in [1.54, 1.807) is 6.08 Å². The third-order valence-corrected chi connectivity index (χ3v) is 5.54. The molecule has 0 unspecified atom stereocenters.